The maximum Gasteiger partial charge on any atom is 0.217 e. The highest BCUT2D eigenvalue weighted by Gasteiger charge is 2.25. The number of aromatic nitrogens is 1. The number of pyridine rings is 1. The van der Waals surface area contributed by atoms with Gasteiger partial charge in [0.1, 0.15) is 6.10 Å². The number of aryl methyl sites for hydroxylation is 1. The monoisotopic (exact) mass is 225 g/mol. The van der Waals surface area contributed by atoms with E-state index in [0.29, 0.717) is 0 Å². The third kappa shape index (κ3) is 1.91. The average Bonchev–Trinajstić information content (AvgIpc) is 2.82. The molecule has 1 atom stereocenters. The highest BCUT2D eigenvalue weighted by atomic mass is 16.5. The van der Waals surface area contributed by atoms with Gasteiger partial charge in [-0.1, -0.05) is 43.3 Å². The summed E-state index contributed by atoms with van der Waals surface area (Å²) in [6.07, 6.45) is 2.01. The fourth-order valence-corrected chi connectivity index (χ4v) is 2.19. The van der Waals surface area contributed by atoms with Gasteiger partial charge in [0.2, 0.25) is 5.88 Å². The van der Waals surface area contributed by atoms with Crippen LogP contribution in [0.5, 0.6) is 5.88 Å². The lowest BCUT2D eigenvalue weighted by molar-refractivity contribution is 0.230. The zero-order chi connectivity index (χ0) is 11.7. The van der Waals surface area contributed by atoms with Crippen molar-refractivity contribution in [1.29, 1.82) is 0 Å². The Morgan fingerprint density at radius 2 is 2.00 bits per heavy atom. The Morgan fingerprint density at radius 3 is 2.76 bits per heavy atom. The quantitative estimate of drug-likeness (QED) is 0.782. The molecule has 0 fully saturated rings. The third-order valence-electron chi connectivity index (χ3n) is 3.19. The first-order valence-corrected chi connectivity index (χ1v) is 6.07. The first kappa shape index (κ1) is 10.3. The van der Waals surface area contributed by atoms with Gasteiger partial charge in [-0.15, -0.1) is 0 Å². The Morgan fingerprint density at radius 1 is 1.18 bits per heavy atom. The van der Waals surface area contributed by atoms with Crippen LogP contribution in [0.4, 0.5) is 0 Å². The fourth-order valence-electron chi connectivity index (χ4n) is 2.19. The molecule has 0 N–H and O–H groups in total. The molecule has 1 aliphatic rings. The Kier molecular flexibility index (Phi) is 2.56. The second-order valence-electron chi connectivity index (χ2n) is 4.34. The molecular weight excluding hydrogens is 210 g/mol. The van der Waals surface area contributed by atoms with Crippen LogP contribution < -0.4 is 4.74 Å². The predicted molar refractivity (Wildman–Crippen MR) is 67.1 cm³/mol. The number of nitrogens with zero attached hydrogens (tertiary/aromatic N) is 1. The minimum absolute atomic E-state index is 0.130. The Bertz CT molecular complexity index is 522. The summed E-state index contributed by atoms with van der Waals surface area (Å²) in [6.45, 7) is 2.11. The van der Waals surface area contributed by atoms with Gasteiger partial charge in [-0.25, -0.2) is 4.98 Å². The molecule has 0 radical (unpaired) electrons. The molecule has 2 nitrogen and oxygen atoms in total. The van der Waals surface area contributed by atoms with Gasteiger partial charge in [-0.2, -0.15) is 0 Å². The van der Waals surface area contributed by atoms with Crippen molar-refractivity contribution in [2.24, 2.45) is 0 Å². The Labute approximate surface area is 101 Å². The van der Waals surface area contributed by atoms with Gasteiger partial charge in [0.05, 0.1) is 0 Å². The highest BCUT2D eigenvalue weighted by molar-refractivity contribution is 5.35. The van der Waals surface area contributed by atoms with Crippen molar-refractivity contribution in [3.8, 4) is 5.88 Å². The summed E-state index contributed by atoms with van der Waals surface area (Å²) in [4.78, 5) is 4.53. The van der Waals surface area contributed by atoms with E-state index in [0.717, 1.165) is 24.4 Å². The van der Waals surface area contributed by atoms with E-state index in [9.17, 15) is 0 Å². The second kappa shape index (κ2) is 4.21. The van der Waals surface area contributed by atoms with Crippen LogP contribution in [0, 0.1) is 0 Å². The SMILES string of the molecule is CCc1ccc2c(n1)OC(c1ccccc1)C2. The number of hydrogen-bond acceptors (Lipinski definition) is 2. The lowest BCUT2D eigenvalue weighted by atomic mass is 10.0. The van der Waals surface area contributed by atoms with E-state index in [-0.39, 0.29) is 6.10 Å². The molecule has 1 aromatic heterocycles. The van der Waals surface area contributed by atoms with Crippen molar-refractivity contribution in [2.75, 3.05) is 0 Å². The van der Waals surface area contributed by atoms with Crippen LogP contribution in [0.3, 0.4) is 0 Å². The van der Waals surface area contributed by atoms with E-state index in [1.54, 1.807) is 0 Å². The number of rotatable bonds is 2. The molecule has 1 aliphatic heterocycles. The smallest absolute Gasteiger partial charge is 0.217 e. The molecule has 17 heavy (non-hydrogen) atoms. The van der Waals surface area contributed by atoms with Gasteiger partial charge in [0.15, 0.2) is 0 Å². The zero-order valence-electron chi connectivity index (χ0n) is 9.89. The summed E-state index contributed by atoms with van der Waals surface area (Å²) in [6, 6.07) is 14.6. The first-order chi connectivity index (χ1) is 8.36. The first-order valence-electron chi connectivity index (χ1n) is 6.07. The molecule has 2 aromatic rings. The molecule has 1 aromatic carbocycles. The molecule has 0 saturated carbocycles. The van der Waals surface area contributed by atoms with Crippen LogP contribution in [0.2, 0.25) is 0 Å². The molecule has 2 heteroatoms. The number of ether oxygens (including phenoxy) is 1. The maximum atomic E-state index is 5.92. The van der Waals surface area contributed by atoms with Gasteiger partial charge in [-0.05, 0) is 18.1 Å². The zero-order valence-corrected chi connectivity index (χ0v) is 9.89. The number of hydrogen-bond donors (Lipinski definition) is 0. The summed E-state index contributed by atoms with van der Waals surface area (Å²) in [7, 11) is 0. The maximum absolute atomic E-state index is 5.92. The lowest BCUT2D eigenvalue weighted by Gasteiger charge is -2.09. The summed E-state index contributed by atoms with van der Waals surface area (Å²) < 4.78 is 5.92. The van der Waals surface area contributed by atoms with E-state index in [1.807, 2.05) is 18.2 Å². The van der Waals surface area contributed by atoms with Crippen molar-refractivity contribution in [1.82, 2.24) is 4.98 Å². The fraction of sp³-hybridized carbons (Fsp3) is 0.267. The molecule has 0 spiro atoms. The molecule has 0 saturated heterocycles. The normalized spacial score (nSPS) is 17.6. The summed E-state index contributed by atoms with van der Waals surface area (Å²) in [5.41, 5.74) is 3.54. The van der Waals surface area contributed by atoms with Crippen molar-refractivity contribution >= 4 is 0 Å². The van der Waals surface area contributed by atoms with E-state index in [1.165, 1.54) is 11.1 Å². The number of benzene rings is 1. The molecule has 0 aliphatic carbocycles. The Balaban J connectivity index is 1.88. The summed E-state index contributed by atoms with van der Waals surface area (Å²) in [5.74, 6) is 0.818. The minimum atomic E-state index is 0.130. The molecule has 3 rings (SSSR count). The highest BCUT2D eigenvalue weighted by Crippen LogP contribution is 2.35. The summed E-state index contributed by atoms with van der Waals surface area (Å²) >= 11 is 0. The van der Waals surface area contributed by atoms with E-state index >= 15 is 0 Å². The predicted octanol–water partition coefficient (Wildman–Crippen LogP) is 3.32. The molecule has 1 unspecified atom stereocenters. The van der Waals surface area contributed by atoms with Crippen LogP contribution in [-0.2, 0) is 12.8 Å². The van der Waals surface area contributed by atoms with E-state index < -0.39 is 0 Å². The van der Waals surface area contributed by atoms with Gasteiger partial charge < -0.3 is 4.74 Å². The van der Waals surface area contributed by atoms with Crippen LogP contribution in [0.1, 0.15) is 29.8 Å². The van der Waals surface area contributed by atoms with Crippen molar-refractivity contribution in [3.05, 3.63) is 59.3 Å². The van der Waals surface area contributed by atoms with Crippen molar-refractivity contribution < 1.29 is 4.74 Å². The average molecular weight is 225 g/mol. The van der Waals surface area contributed by atoms with Crippen LogP contribution in [-0.4, -0.2) is 4.98 Å². The van der Waals surface area contributed by atoms with Gasteiger partial charge in [-0.3, -0.25) is 0 Å². The van der Waals surface area contributed by atoms with E-state index in [4.69, 9.17) is 4.74 Å². The van der Waals surface area contributed by atoms with E-state index in [2.05, 4.69) is 36.2 Å². The molecule has 86 valence electrons. The second-order valence-corrected chi connectivity index (χ2v) is 4.34. The van der Waals surface area contributed by atoms with Crippen molar-refractivity contribution in [3.63, 3.8) is 0 Å². The molecular formula is C15H15NO. The molecule has 0 bridgehead atoms. The van der Waals surface area contributed by atoms with Crippen LogP contribution in [0.25, 0.3) is 0 Å². The Hall–Kier alpha value is -1.83. The number of fused-ring (bicyclic) bond motifs is 1. The van der Waals surface area contributed by atoms with Crippen LogP contribution >= 0.6 is 0 Å². The van der Waals surface area contributed by atoms with Gasteiger partial charge in [0.25, 0.3) is 0 Å². The van der Waals surface area contributed by atoms with Gasteiger partial charge in [0, 0.05) is 17.7 Å². The largest absolute Gasteiger partial charge is 0.469 e. The summed E-state index contributed by atoms with van der Waals surface area (Å²) in [5, 5.41) is 0. The van der Waals surface area contributed by atoms with Crippen molar-refractivity contribution in [2.45, 2.75) is 25.9 Å². The minimum Gasteiger partial charge on any atom is -0.469 e. The standard InChI is InChI=1S/C15H15NO/c1-2-13-9-8-12-10-14(17-15(12)16-13)11-6-4-3-5-7-11/h3-9,14H,2,10H2,1H3. The topological polar surface area (TPSA) is 22.1 Å². The van der Waals surface area contributed by atoms with Crippen LogP contribution in [0.15, 0.2) is 42.5 Å². The van der Waals surface area contributed by atoms with Gasteiger partial charge >= 0.3 is 0 Å². The lowest BCUT2D eigenvalue weighted by Crippen LogP contribution is -2.02. The third-order valence-corrected chi connectivity index (χ3v) is 3.19. The molecule has 0 amide bonds. The molecule has 2 heterocycles.